The summed E-state index contributed by atoms with van der Waals surface area (Å²) >= 11 is 0. The third kappa shape index (κ3) is 9.57. The molecule has 0 aliphatic heterocycles. The van der Waals surface area contributed by atoms with Crippen molar-refractivity contribution >= 4 is 0 Å². The predicted molar refractivity (Wildman–Crippen MR) is 71.5 cm³/mol. The van der Waals surface area contributed by atoms with E-state index in [4.69, 9.17) is 14.2 Å². The van der Waals surface area contributed by atoms with Crippen molar-refractivity contribution in [1.29, 1.82) is 0 Å². The van der Waals surface area contributed by atoms with Crippen LogP contribution in [0.25, 0.3) is 0 Å². The van der Waals surface area contributed by atoms with E-state index in [0.29, 0.717) is 13.2 Å². The maximum Gasteiger partial charge on any atom is 0.0804 e. The minimum absolute atomic E-state index is 0.235. The molecular formula is C14H30O3. The van der Waals surface area contributed by atoms with Gasteiger partial charge in [-0.2, -0.15) is 0 Å². The Morgan fingerprint density at radius 1 is 0.765 bits per heavy atom. The summed E-state index contributed by atoms with van der Waals surface area (Å²) in [4.78, 5) is 0. The zero-order chi connectivity index (χ0) is 12.9. The van der Waals surface area contributed by atoms with E-state index in [1.165, 1.54) is 25.7 Å². The number of methoxy groups -OCH3 is 2. The van der Waals surface area contributed by atoms with E-state index in [1.54, 1.807) is 14.2 Å². The lowest BCUT2D eigenvalue weighted by Gasteiger charge is -2.18. The van der Waals surface area contributed by atoms with E-state index in [9.17, 15) is 0 Å². The fourth-order valence-electron chi connectivity index (χ4n) is 1.73. The maximum absolute atomic E-state index is 5.68. The molecule has 0 saturated heterocycles. The monoisotopic (exact) mass is 246 g/mol. The first-order chi connectivity index (χ1) is 8.28. The quantitative estimate of drug-likeness (QED) is 0.528. The van der Waals surface area contributed by atoms with Crippen LogP contribution in [0.1, 0.15) is 52.4 Å². The second kappa shape index (κ2) is 12.3. The van der Waals surface area contributed by atoms with Crippen LogP contribution in [0, 0.1) is 0 Å². The molecule has 3 heteroatoms. The van der Waals surface area contributed by atoms with E-state index in [0.717, 1.165) is 12.8 Å². The van der Waals surface area contributed by atoms with Gasteiger partial charge >= 0.3 is 0 Å². The smallest absolute Gasteiger partial charge is 0.0804 e. The van der Waals surface area contributed by atoms with E-state index < -0.39 is 0 Å². The van der Waals surface area contributed by atoms with Crippen LogP contribution >= 0.6 is 0 Å². The minimum atomic E-state index is 0.235. The third-order valence-electron chi connectivity index (χ3n) is 3.03. The van der Waals surface area contributed by atoms with E-state index in [1.807, 2.05) is 0 Å². The fourth-order valence-corrected chi connectivity index (χ4v) is 1.73. The van der Waals surface area contributed by atoms with Crippen molar-refractivity contribution < 1.29 is 14.2 Å². The maximum atomic E-state index is 5.68. The van der Waals surface area contributed by atoms with Crippen molar-refractivity contribution in [3.05, 3.63) is 0 Å². The molecule has 2 unspecified atom stereocenters. The van der Waals surface area contributed by atoms with Crippen LogP contribution < -0.4 is 0 Å². The molecule has 0 rings (SSSR count). The summed E-state index contributed by atoms with van der Waals surface area (Å²) in [6.07, 6.45) is 7.45. The molecule has 0 aromatic heterocycles. The number of ether oxygens (including phenoxy) is 3. The number of unbranched alkanes of at least 4 members (excludes halogenated alkanes) is 2. The van der Waals surface area contributed by atoms with Gasteiger partial charge in [0, 0.05) is 14.2 Å². The normalized spacial score (nSPS) is 14.8. The Morgan fingerprint density at radius 3 is 1.47 bits per heavy atom. The third-order valence-corrected chi connectivity index (χ3v) is 3.03. The second-order valence-electron chi connectivity index (χ2n) is 4.54. The molecule has 0 amide bonds. The lowest BCUT2D eigenvalue weighted by Crippen LogP contribution is -2.24. The van der Waals surface area contributed by atoms with Crippen LogP contribution in [0.2, 0.25) is 0 Å². The highest BCUT2D eigenvalue weighted by Gasteiger charge is 2.10. The van der Waals surface area contributed by atoms with Crippen molar-refractivity contribution in [3.63, 3.8) is 0 Å². The van der Waals surface area contributed by atoms with Gasteiger partial charge in [0.15, 0.2) is 0 Å². The van der Waals surface area contributed by atoms with Crippen molar-refractivity contribution in [2.45, 2.75) is 64.6 Å². The first kappa shape index (κ1) is 16.9. The summed E-state index contributed by atoms with van der Waals surface area (Å²) in [5.41, 5.74) is 0. The van der Waals surface area contributed by atoms with Gasteiger partial charge in [-0.25, -0.2) is 0 Å². The Kier molecular flexibility index (Phi) is 12.3. The summed E-state index contributed by atoms with van der Waals surface area (Å²) in [5.74, 6) is 0. The molecule has 0 spiro atoms. The van der Waals surface area contributed by atoms with Crippen LogP contribution in [0.3, 0.4) is 0 Å². The summed E-state index contributed by atoms with van der Waals surface area (Å²) in [5, 5.41) is 0. The summed E-state index contributed by atoms with van der Waals surface area (Å²) < 4.78 is 16.5. The fraction of sp³-hybridized carbons (Fsp3) is 1.00. The van der Waals surface area contributed by atoms with Crippen LogP contribution in [0.5, 0.6) is 0 Å². The van der Waals surface area contributed by atoms with Gasteiger partial charge in [0.25, 0.3) is 0 Å². The molecule has 0 aromatic rings. The molecule has 0 N–H and O–H groups in total. The average molecular weight is 246 g/mol. The van der Waals surface area contributed by atoms with Gasteiger partial charge in [0.2, 0.25) is 0 Å². The molecule has 17 heavy (non-hydrogen) atoms. The molecule has 0 bridgehead atoms. The van der Waals surface area contributed by atoms with Gasteiger partial charge in [-0.15, -0.1) is 0 Å². The highest BCUT2D eigenvalue weighted by molar-refractivity contribution is 4.59. The zero-order valence-electron chi connectivity index (χ0n) is 12.0. The average Bonchev–Trinajstić information content (AvgIpc) is 2.37. The molecule has 0 aromatic carbocycles. The molecule has 0 heterocycles. The SMILES string of the molecule is CCCCC(COCC(CCCC)OC)OC. The van der Waals surface area contributed by atoms with Gasteiger partial charge in [-0.1, -0.05) is 39.5 Å². The van der Waals surface area contributed by atoms with E-state index in [2.05, 4.69) is 13.8 Å². The van der Waals surface area contributed by atoms with Gasteiger partial charge in [0.1, 0.15) is 0 Å². The Bertz CT molecular complexity index is 134. The standard InChI is InChI=1S/C14H30O3/c1-5-7-9-13(15-3)11-17-12-14(16-4)10-8-6-2/h13-14H,5-12H2,1-4H3. The second-order valence-corrected chi connectivity index (χ2v) is 4.54. The Morgan fingerprint density at radius 2 is 1.18 bits per heavy atom. The lowest BCUT2D eigenvalue weighted by molar-refractivity contribution is -0.0396. The summed E-state index contributed by atoms with van der Waals surface area (Å²) in [6.45, 7) is 5.75. The molecule has 3 nitrogen and oxygen atoms in total. The molecule has 0 radical (unpaired) electrons. The summed E-state index contributed by atoms with van der Waals surface area (Å²) in [6, 6.07) is 0. The van der Waals surface area contributed by atoms with Crippen LogP contribution in [0.4, 0.5) is 0 Å². The predicted octanol–water partition coefficient (Wildman–Crippen LogP) is 3.41. The van der Waals surface area contributed by atoms with Crippen molar-refractivity contribution in [1.82, 2.24) is 0 Å². The molecular weight excluding hydrogens is 216 g/mol. The molecule has 2 atom stereocenters. The van der Waals surface area contributed by atoms with Gasteiger partial charge in [-0.3, -0.25) is 0 Å². The van der Waals surface area contributed by atoms with Crippen LogP contribution in [-0.2, 0) is 14.2 Å². The zero-order valence-corrected chi connectivity index (χ0v) is 12.0. The minimum Gasteiger partial charge on any atom is -0.379 e. The van der Waals surface area contributed by atoms with Crippen LogP contribution in [-0.4, -0.2) is 39.6 Å². The summed E-state index contributed by atoms with van der Waals surface area (Å²) in [7, 11) is 3.52. The Balaban J connectivity index is 3.61. The number of hydrogen-bond acceptors (Lipinski definition) is 3. The Hall–Kier alpha value is -0.120. The van der Waals surface area contributed by atoms with Crippen molar-refractivity contribution in [2.24, 2.45) is 0 Å². The van der Waals surface area contributed by atoms with Crippen molar-refractivity contribution in [2.75, 3.05) is 27.4 Å². The first-order valence-corrected chi connectivity index (χ1v) is 6.91. The lowest BCUT2D eigenvalue weighted by atomic mass is 10.1. The number of hydrogen-bond donors (Lipinski definition) is 0. The highest BCUT2D eigenvalue weighted by Crippen LogP contribution is 2.07. The molecule has 0 aliphatic carbocycles. The molecule has 0 aliphatic rings. The van der Waals surface area contributed by atoms with E-state index >= 15 is 0 Å². The van der Waals surface area contributed by atoms with E-state index in [-0.39, 0.29) is 12.2 Å². The van der Waals surface area contributed by atoms with Gasteiger partial charge in [0.05, 0.1) is 25.4 Å². The molecule has 0 saturated carbocycles. The van der Waals surface area contributed by atoms with Crippen molar-refractivity contribution in [3.8, 4) is 0 Å². The number of rotatable bonds is 12. The highest BCUT2D eigenvalue weighted by atomic mass is 16.5. The van der Waals surface area contributed by atoms with Crippen LogP contribution in [0.15, 0.2) is 0 Å². The topological polar surface area (TPSA) is 27.7 Å². The first-order valence-electron chi connectivity index (χ1n) is 6.91. The largest absolute Gasteiger partial charge is 0.379 e. The molecule has 104 valence electrons. The van der Waals surface area contributed by atoms with Gasteiger partial charge < -0.3 is 14.2 Å². The molecule has 0 fully saturated rings. The Labute approximate surface area is 107 Å². The van der Waals surface area contributed by atoms with Gasteiger partial charge in [-0.05, 0) is 12.8 Å².